The molecule has 0 aliphatic carbocycles. The maximum absolute atomic E-state index is 13.0. The Hall–Kier alpha value is -3.17. The third-order valence-corrected chi connectivity index (χ3v) is 5.14. The Morgan fingerprint density at radius 2 is 2.14 bits per heavy atom. The molecule has 0 saturated carbocycles. The van der Waals surface area contributed by atoms with E-state index in [4.69, 9.17) is 0 Å². The number of aryl methyl sites for hydroxylation is 1. The van der Waals surface area contributed by atoms with Crippen LogP contribution in [0.1, 0.15) is 16.8 Å². The summed E-state index contributed by atoms with van der Waals surface area (Å²) in [7, 11) is 1.86. The minimum Gasteiger partial charge on any atom is -0.391 e. The molecule has 1 fully saturated rings. The highest BCUT2D eigenvalue weighted by Gasteiger charge is 2.25. The first-order valence-electron chi connectivity index (χ1n) is 9.08. The van der Waals surface area contributed by atoms with Gasteiger partial charge in [-0.05, 0) is 24.6 Å². The van der Waals surface area contributed by atoms with Crippen LogP contribution >= 0.6 is 12.4 Å². The fraction of sp³-hybridized carbons (Fsp3) is 0.263. The summed E-state index contributed by atoms with van der Waals surface area (Å²) in [5.41, 5.74) is 3.36. The smallest absolute Gasteiger partial charge is 0.261 e. The zero-order chi connectivity index (χ0) is 19.3. The second-order valence-electron chi connectivity index (χ2n) is 6.99. The average Bonchev–Trinajstić information content (AvgIpc) is 3.40. The summed E-state index contributed by atoms with van der Waals surface area (Å²) in [5, 5.41) is 22.4. The summed E-state index contributed by atoms with van der Waals surface area (Å²) >= 11 is 0. The zero-order valence-electron chi connectivity index (χ0n) is 15.7. The van der Waals surface area contributed by atoms with Gasteiger partial charge < -0.3 is 15.3 Å². The van der Waals surface area contributed by atoms with Gasteiger partial charge in [-0.15, -0.1) is 12.4 Å². The molecular formula is C19H20ClN7O2. The molecule has 1 aromatic carbocycles. The number of carbonyl (C=O) groups is 1. The Morgan fingerprint density at radius 1 is 1.28 bits per heavy atom. The van der Waals surface area contributed by atoms with Crippen LogP contribution in [0, 0.1) is 0 Å². The normalized spacial score (nSPS) is 16.3. The molecule has 2 N–H and O–H groups in total. The van der Waals surface area contributed by atoms with Crippen molar-refractivity contribution in [1.29, 1.82) is 0 Å². The summed E-state index contributed by atoms with van der Waals surface area (Å²) in [6.07, 6.45) is 7.03. The van der Waals surface area contributed by atoms with Crippen molar-refractivity contribution in [3.05, 3.63) is 48.5 Å². The molecule has 0 bridgehead atoms. The highest BCUT2D eigenvalue weighted by atomic mass is 35.5. The van der Waals surface area contributed by atoms with E-state index >= 15 is 0 Å². The molecule has 10 heteroatoms. The van der Waals surface area contributed by atoms with E-state index in [1.165, 1.54) is 6.20 Å². The molecule has 4 heterocycles. The lowest BCUT2D eigenvalue weighted by Crippen LogP contribution is -2.23. The number of carbonyl (C=O) groups excluding carboxylic acids is 1. The van der Waals surface area contributed by atoms with Crippen LogP contribution in [0.4, 0.5) is 11.4 Å². The number of halogens is 1. The molecule has 0 unspecified atom stereocenters. The minimum absolute atomic E-state index is 0. The quantitative estimate of drug-likeness (QED) is 0.531. The number of aliphatic hydroxyl groups is 1. The molecule has 150 valence electrons. The van der Waals surface area contributed by atoms with Crippen LogP contribution in [0.25, 0.3) is 16.6 Å². The number of rotatable bonds is 3. The van der Waals surface area contributed by atoms with Crippen molar-refractivity contribution in [3.8, 4) is 0 Å². The average molecular weight is 414 g/mol. The Balaban J connectivity index is 0.00000205. The van der Waals surface area contributed by atoms with Gasteiger partial charge in [-0.2, -0.15) is 10.2 Å². The summed E-state index contributed by atoms with van der Waals surface area (Å²) in [6, 6.07) is 5.68. The highest BCUT2D eigenvalue weighted by molar-refractivity contribution is 6.10. The van der Waals surface area contributed by atoms with E-state index in [9.17, 15) is 9.90 Å². The molecule has 29 heavy (non-hydrogen) atoms. The molecule has 3 aromatic heterocycles. The van der Waals surface area contributed by atoms with Crippen LogP contribution in [0.5, 0.6) is 0 Å². The van der Waals surface area contributed by atoms with Crippen LogP contribution < -0.4 is 10.2 Å². The largest absolute Gasteiger partial charge is 0.391 e. The van der Waals surface area contributed by atoms with Crippen LogP contribution in [0.2, 0.25) is 0 Å². The molecule has 4 aromatic rings. The number of β-amino-alcohol motifs (C(OH)–C–C–N with tert-alkyl or cyclic N) is 1. The van der Waals surface area contributed by atoms with Crippen molar-refractivity contribution in [2.75, 3.05) is 23.3 Å². The first-order chi connectivity index (χ1) is 13.6. The number of hydrogen-bond donors (Lipinski definition) is 2. The molecule has 1 aliphatic heterocycles. The maximum Gasteiger partial charge on any atom is 0.261 e. The highest BCUT2D eigenvalue weighted by Crippen LogP contribution is 2.34. The fourth-order valence-corrected chi connectivity index (χ4v) is 3.69. The van der Waals surface area contributed by atoms with Crippen molar-refractivity contribution < 1.29 is 9.90 Å². The van der Waals surface area contributed by atoms with Crippen LogP contribution in [-0.4, -0.2) is 54.6 Å². The zero-order valence-corrected chi connectivity index (χ0v) is 16.5. The van der Waals surface area contributed by atoms with Gasteiger partial charge in [-0.25, -0.2) is 9.50 Å². The van der Waals surface area contributed by atoms with Crippen molar-refractivity contribution in [1.82, 2.24) is 24.4 Å². The monoisotopic (exact) mass is 413 g/mol. The summed E-state index contributed by atoms with van der Waals surface area (Å²) in [6.45, 7) is 1.26. The Morgan fingerprint density at radius 3 is 2.93 bits per heavy atom. The number of anilines is 2. The third kappa shape index (κ3) is 3.28. The standard InChI is InChI=1S/C19H19N7O2.ClH/c1-24-16-8-15(17(7-12(16)9-21-24)25-6-3-13(27)11-25)23-19(28)14-10-22-26-5-2-4-20-18(14)26;/h2,4-5,7-10,13,27H,3,6,11H2,1H3,(H,23,28);1H/t13-;/m0./s1. The first kappa shape index (κ1) is 19.2. The number of benzene rings is 1. The number of fused-ring (bicyclic) bond motifs is 2. The van der Waals surface area contributed by atoms with Gasteiger partial charge in [0, 0.05) is 37.9 Å². The van der Waals surface area contributed by atoms with Gasteiger partial charge >= 0.3 is 0 Å². The van der Waals surface area contributed by atoms with Crippen molar-refractivity contribution in [2.24, 2.45) is 7.05 Å². The predicted octanol–water partition coefficient (Wildman–Crippen LogP) is 1.86. The molecule has 5 rings (SSSR count). The number of nitrogens with one attached hydrogen (secondary N) is 1. The van der Waals surface area contributed by atoms with Gasteiger partial charge in [0.25, 0.3) is 5.91 Å². The second kappa shape index (κ2) is 7.34. The molecular weight excluding hydrogens is 394 g/mol. The molecule has 0 radical (unpaired) electrons. The minimum atomic E-state index is -0.364. The maximum atomic E-state index is 13.0. The second-order valence-corrected chi connectivity index (χ2v) is 6.99. The van der Waals surface area contributed by atoms with E-state index in [1.807, 2.05) is 19.2 Å². The SMILES string of the molecule is Cl.Cn1ncc2cc(N3CC[C@H](O)C3)c(NC(=O)c3cnn4cccnc34)cc21. The lowest BCUT2D eigenvalue weighted by molar-refractivity contribution is 0.102. The van der Waals surface area contributed by atoms with Gasteiger partial charge in [0.2, 0.25) is 0 Å². The van der Waals surface area contributed by atoms with E-state index < -0.39 is 0 Å². The predicted molar refractivity (Wildman–Crippen MR) is 112 cm³/mol. The first-order valence-corrected chi connectivity index (χ1v) is 9.08. The van der Waals surface area contributed by atoms with E-state index in [2.05, 4.69) is 25.4 Å². The van der Waals surface area contributed by atoms with Crippen molar-refractivity contribution >= 4 is 46.2 Å². The van der Waals surface area contributed by atoms with E-state index in [0.29, 0.717) is 29.9 Å². The molecule has 1 aliphatic rings. The topological polar surface area (TPSA) is 101 Å². The van der Waals surface area contributed by atoms with Gasteiger partial charge in [0.15, 0.2) is 5.65 Å². The summed E-state index contributed by atoms with van der Waals surface area (Å²) < 4.78 is 3.33. The number of amides is 1. The van der Waals surface area contributed by atoms with E-state index in [0.717, 1.165) is 23.1 Å². The fourth-order valence-electron chi connectivity index (χ4n) is 3.69. The lowest BCUT2D eigenvalue weighted by Gasteiger charge is -2.22. The number of aromatic nitrogens is 5. The van der Waals surface area contributed by atoms with Crippen molar-refractivity contribution in [3.63, 3.8) is 0 Å². The molecule has 1 atom stereocenters. The Labute approximate surface area is 172 Å². The third-order valence-electron chi connectivity index (χ3n) is 5.14. The molecule has 1 saturated heterocycles. The Bertz CT molecular complexity index is 1200. The van der Waals surface area contributed by atoms with Crippen LogP contribution in [-0.2, 0) is 7.05 Å². The Kier molecular flexibility index (Phi) is 4.85. The van der Waals surface area contributed by atoms with Gasteiger partial charge in [-0.3, -0.25) is 9.48 Å². The number of hydrogen-bond acceptors (Lipinski definition) is 6. The van der Waals surface area contributed by atoms with Crippen molar-refractivity contribution in [2.45, 2.75) is 12.5 Å². The van der Waals surface area contributed by atoms with Gasteiger partial charge in [0.1, 0.15) is 5.56 Å². The molecule has 9 nitrogen and oxygen atoms in total. The van der Waals surface area contributed by atoms with Gasteiger partial charge in [-0.1, -0.05) is 0 Å². The van der Waals surface area contributed by atoms with Gasteiger partial charge in [0.05, 0.1) is 35.4 Å². The van der Waals surface area contributed by atoms with E-state index in [-0.39, 0.29) is 24.4 Å². The summed E-state index contributed by atoms with van der Waals surface area (Å²) in [5.74, 6) is -0.281. The van der Waals surface area contributed by atoms with Crippen LogP contribution in [0.15, 0.2) is 43.0 Å². The molecule has 0 spiro atoms. The number of nitrogens with zero attached hydrogens (tertiary/aromatic N) is 6. The van der Waals surface area contributed by atoms with E-state index in [1.54, 1.807) is 33.9 Å². The molecule has 1 amide bonds. The van der Waals surface area contributed by atoms with Crippen LogP contribution in [0.3, 0.4) is 0 Å². The summed E-state index contributed by atoms with van der Waals surface area (Å²) in [4.78, 5) is 19.3. The lowest BCUT2D eigenvalue weighted by atomic mass is 10.1. The number of aliphatic hydroxyl groups excluding tert-OH is 1.